The van der Waals surface area contributed by atoms with Crippen molar-refractivity contribution in [2.75, 3.05) is 0 Å². The maximum absolute atomic E-state index is 10.9. The summed E-state index contributed by atoms with van der Waals surface area (Å²) >= 11 is 0. The molecule has 126 valence electrons. The molecule has 2 fully saturated rings. The van der Waals surface area contributed by atoms with Gasteiger partial charge in [0.15, 0.2) is 0 Å². The zero-order valence-corrected chi connectivity index (χ0v) is 14.2. The van der Waals surface area contributed by atoms with E-state index < -0.39 is 6.10 Å². The van der Waals surface area contributed by atoms with Crippen molar-refractivity contribution < 1.29 is 15.3 Å². The monoisotopic (exact) mass is 316 g/mol. The van der Waals surface area contributed by atoms with E-state index in [2.05, 4.69) is 26.8 Å². The van der Waals surface area contributed by atoms with Gasteiger partial charge < -0.3 is 15.3 Å². The average Bonchev–Trinajstić information content (AvgIpc) is 2.73. The molecule has 3 heteroatoms. The highest BCUT2D eigenvalue weighted by Gasteiger charge is 2.61. The molecule has 4 rings (SSSR count). The Morgan fingerprint density at radius 1 is 1.17 bits per heavy atom. The van der Waals surface area contributed by atoms with E-state index in [1.807, 2.05) is 6.08 Å². The van der Waals surface area contributed by atoms with Gasteiger partial charge in [-0.1, -0.05) is 32.9 Å². The summed E-state index contributed by atoms with van der Waals surface area (Å²) in [6.45, 7) is 6.60. The maximum atomic E-state index is 10.9. The molecule has 0 saturated heterocycles. The summed E-state index contributed by atoms with van der Waals surface area (Å²) in [6.07, 6.45) is 9.96. The molecular formula is C20H28O3. The van der Waals surface area contributed by atoms with Crippen molar-refractivity contribution in [2.24, 2.45) is 34.5 Å². The highest BCUT2D eigenvalue weighted by atomic mass is 16.3. The van der Waals surface area contributed by atoms with Crippen LogP contribution in [0.1, 0.15) is 40.0 Å². The molecule has 0 heterocycles. The Morgan fingerprint density at radius 2 is 1.91 bits per heavy atom. The molecule has 0 aromatic carbocycles. The maximum Gasteiger partial charge on any atom is 0.115 e. The molecule has 2 saturated carbocycles. The van der Waals surface area contributed by atoms with E-state index >= 15 is 0 Å². The molecule has 0 bridgehead atoms. The first kappa shape index (κ1) is 15.5. The fraction of sp³-hybridized carbons (Fsp3) is 0.700. The first-order valence-electron chi connectivity index (χ1n) is 8.96. The van der Waals surface area contributed by atoms with Crippen molar-refractivity contribution >= 4 is 0 Å². The van der Waals surface area contributed by atoms with Crippen LogP contribution >= 0.6 is 0 Å². The summed E-state index contributed by atoms with van der Waals surface area (Å²) in [5, 5.41) is 31.4. The Morgan fingerprint density at radius 3 is 2.65 bits per heavy atom. The third-order valence-corrected chi connectivity index (χ3v) is 7.65. The molecule has 0 aliphatic heterocycles. The van der Waals surface area contributed by atoms with Crippen LogP contribution < -0.4 is 0 Å². The Balaban J connectivity index is 1.78. The largest absolute Gasteiger partial charge is 0.508 e. The average molecular weight is 316 g/mol. The second-order valence-corrected chi connectivity index (χ2v) is 8.79. The van der Waals surface area contributed by atoms with Crippen molar-refractivity contribution in [1.82, 2.24) is 0 Å². The molecule has 0 aromatic rings. The number of aliphatic hydroxyl groups excluding tert-OH is 3. The number of fused-ring (bicyclic) bond motifs is 5. The first-order chi connectivity index (χ1) is 10.8. The standard InChI is InChI=1S/C20H28O3/c1-11-8-15-17-14(5-7-20(15,3)18(11)23)19(2)6-4-13(21)9-12(19)10-16(17)22/h4,6,9-11,14-18,21-23H,5,7-8H2,1-3H3/t11-,14?,15?,16+,17?,18+,19+,20+/m1/s1. The van der Waals surface area contributed by atoms with Crippen LogP contribution in [0.25, 0.3) is 0 Å². The minimum atomic E-state index is -0.485. The van der Waals surface area contributed by atoms with Crippen LogP contribution in [-0.2, 0) is 0 Å². The van der Waals surface area contributed by atoms with Gasteiger partial charge >= 0.3 is 0 Å². The van der Waals surface area contributed by atoms with E-state index in [1.165, 1.54) is 0 Å². The SMILES string of the molecule is C[C@@H]1CC2C3C(CC[C@]2(C)[C@H]1O)[C@@]1(C)C=CC(O)=CC1=C[C@@H]3O. The topological polar surface area (TPSA) is 60.7 Å². The summed E-state index contributed by atoms with van der Waals surface area (Å²) in [5.74, 6) is 1.50. The van der Waals surface area contributed by atoms with Gasteiger partial charge in [0, 0.05) is 5.41 Å². The zero-order valence-electron chi connectivity index (χ0n) is 14.2. The lowest BCUT2D eigenvalue weighted by molar-refractivity contribution is -0.0904. The molecule has 4 aliphatic carbocycles. The predicted octanol–water partition coefficient (Wildman–Crippen LogP) is 3.35. The second-order valence-electron chi connectivity index (χ2n) is 8.79. The molecule has 3 N–H and O–H groups in total. The van der Waals surface area contributed by atoms with Gasteiger partial charge in [0.1, 0.15) is 5.76 Å². The number of hydrogen-bond donors (Lipinski definition) is 3. The van der Waals surface area contributed by atoms with E-state index in [0.717, 1.165) is 24.8 Å². The lowest BCUT2D eigenvalue weighted by Crippen LogP contribution is -2.53. The Kier molecular flexibility index (Phi) is 3.18. The van der Waals surface area contributed by atoms with Crippen molar-refractivity contribution in [2.45, 2.75) is 52.2 Å². The van der Waals surface area contributed by atoms with Crippen molar-refractivity contribution in [3.05, 3.63) is 35.6 Å². The number of hydrogen-bond acceptors (Lipinski definition) is 3. The molecule has 4 aliphatic rings. The van der Waals surface area contributed by atoms with Crippen LogP contribution in [0.5, 0.6) is 0 Å². The fourth-order valence-corrected chi connectivity index (χ4v) is 6.29. The Labute approximate surface area is 138 Å². The number of rotatable bonds is 0. The highest BCUT2D eigenvalue weighted by molar-refractivity contribution is 5.44. The summed E-state index contributed by atoms with van der Waals surface area (Å²) in [5.41, 5.74) is 0.856. The first-order valence-corrected chi connectivity index (χ1v) is 8.96. The van der Waals surface area contributed by atoms with Crippen molar-refractivity contribution in [3.8, 4) is 0 Å². The van der Waals surface area contributed by atoms with Gasteiger partial charge in [0.25, 0.3) is 0 Å². The smallest absolute Gasteiger partial charge is 0.115 e. The van der Waals surface area contributed by atoms with Crippen molar-refractivity contribution in [1.29, 1.82) is 0 Å². The van der Waals surface area contributed by atoms with Gasteiger partial charge in [0.05, 0.1) is 12.2 Å². The quantitative estimate of drug-likeness (QED) is 0.642. The Hall–Kier alpha value is -1.06. The lowest BCUT2D eigenvalue weighted by atomic mass is 9.49. The van der Waals surface area contributed by atoms with Crippen LogP contribution in [0.2, 0.25) is 0 Å². The summed E-state index contributed by atoms with van der Waals surface area (Å²) in [7, 11) is 0. The van der Waals surface area contributed by atoms with Gasteiger partial charge in [-0.15, -0.1) is 0 Å². The molecule has 0 radical (unpaired) electrons. The molecular weight excluding hydrogens is 288 g/mol. The summed E-state index contributed by atoms with van der Waals surface area (Å²) in [6, 6.07) is 0. The minimum Gasteiger partial charge on any atom is -0.508 e. The third-order valence-electron chi connectivity index (χ3n) is 7.65. The molecule has 0 amide bonds. The molecule has 8 atom stereocenters. The number of allylic oxidation sites excluding steroid dienone is 4. The van der Waals surface area contributed by atoms with E-state index in [9.17, 15) is 15.3 Å². The van der Waals surface area contributed by atoms with Crippen LogP contribution in [-0.4, -0.2) is 27.5 Å². The van der Waals surface area contributed by atoms with Crippen LogP contribution in [0.3, 0.4) is 0 Å². The molecule has 23 heavy (non-hydrogen) atoms. The molecule has 3 nitrogen and oxygen atoms in total. The van der Waals surface area contributed by atoms with Crippen molar-refractivity contribution in [3.63, 3.8) is 0 Å². The zero-order chi connectivity index (χ0) is 16.6. The van der Waals surface area contributed by atoms with E-state index in [-0.39, 0.29) is 28.6 Å². The highest BCUT2D eigenvalue weighted by Crippen LogP contribution is 2.64. The number of aliphatic hydroxyl groups is 3. The van der Waals surface area contributed by atoms with Gasteiger partial charge in [-0.2, -0.15) is 0 Å². The molecule has 0 spiro atoms. The van der Waals surface area contributed by atoms with Crippen LogP contribution in [0, 0.1) is 34.5 Å². The van der Waals surface area contributed by atoms with Gasteiger partial charge in [-0.3, -0.25) is 0 Å². The van der Waals surface area contributed by atoms with Gasteiger partial charge in [-0.05, 0) is 66.1 Å². The van der Waals surface area contributed by atoms with Crippen LogP contribution in [0.15, 0.2) is 35.6 Å². The lowest BCUT2D eigenvalue weighted by Gasteiger charge is -2.56. The van der Waals surface area contributed by atoms with Crippen LogP contribution in [0.4, 0.5) is 0 Å². The van der Waals surface area contributed by atoms with E-state index in [4.69, 9.17) is 0 Å². The summed E-state index contributed by atoms with van der Waals surface area (Å²) in [4.78, 5) is 0. The summed E-state index contributed by atoms with van der Waals surface area (Å²) < 4.78 is 0. The minimum absolute atomic E-state index is 0.0698. The fourth-order valence-electron chi connectivity index (χ4n) is 6.29. The van der Waals surface area contributed by atoms with Gasteiger partial charge in [-0.25, -0.2) is 0 Å². The Bertz CT molecular complexity index is 618. The third kappa shape index (κ3) is 1.90. The van der Waals surface area contributed by atoms with E-state index in [0.29, 0.717) is 17.8 Å². The van der Waals surface area contributed by atoms with Gasteiger partial charge in [0.2, 0.25) is 0 Å². The second kappa shape index (κ2) is 4.73. The molecule has 3 unspecified atom stereocenters. The molecule has 0 aromatic heterocycles. The normalized spacial score (nSPS) is 54.7. The predicted molar refractivity (Wildman–Crippen MR) is 89.6 cm³/mol. The van der Waals surface area contributed by atoms with E-state index in [1.54, 1.807) is 12.2 Å².